The van der Waals surface area contributed by atoms with Gasteiger partial charge in [0.2, 0.25) is 5.91 Å². The van der Waals surface area contributed by atoms with Crippen molar-refractivity contribution in [2.24, 2.45) is 5.92 Å². The van der Waals surface area contributed by atoms with Crippen molar-refractivity contribution in [3.63, 3.8) is 0 Å². The van der Waals surface area contributed by atoms with Crippen LogP contribution in [0.1, 0.15) is 12.8 Å². The molecule has 1 saturated heterocycles. The van der Waals surface area contributed by atoms with Crippen LogP contribution in [0.3, 0.4) is 0 Å². The standard InChI is InChI=1S/C9H11NO/c1-2-3-6-4-7-5-8(6)10-9(7)11/h2,4,7-8H,1,3,5H2,(H,10,11)/t7-,8-/m0/s1. The van der Waals surface area contributed by atoms with Gasteiger partial charge in [0.1, 0.15) is 0 Å². The Balaban J connectivity index is 2.17. The van der Waals surface area contributed by atoms with E-state index >= 15 is 0 Å². The van der Waals surface area contributed by atoms with Crippen LogP contribution < -0.4 is 5.32 Å². The Morgan fingerprint density at radius 1 is 1.82 bits per heavy atom. The van der Waals surface area contributed by atoms with Crippen molar-refractivity contribution in [3.05, 3.63) is 24.3 Å². The van der Waals surface area contributed by atoms with Gasteiger partial charge in [-0.3, -0.25) is 4.79 Å². The molecule has 11 heavy (non-hydrogen) atoms. The topological polar surface area (TPSA) is 29.1 Å². The van der Waals surface area contributed by atoms with Crippen LogP contribution in [0.2, 0.25) is 0 Å². The summed E-state index contributed by atoms with van der Waals surface area (Å²) < 4.78 is 0. The minimum Gasteiger partial charge on any atom is -0.349 e. The van der Waals surface area contributed by atoms with Gasteiger partial charge in [0.25, 0.3) is 0 Å². The molecule has 0 radical (unpaired) electrons. The molecule has 0 aromatic rings. The van der Waals surface area contributed by atoms with Gasteiger partial charge in [-0.2, -0.15) is 0 Å². The van der Waals surface area contributed by atoms with E-state index in [1.165, 1.54) is 5.57 Å². The van der Waals surface area contributed by atoms with E-state index in [9.17, 15) is 4.79 Å². The second kappa shape index (κ2) is 2.22. The van der Waals surface area contributed by atoms with E-state index in [1.807, 2.05) is 6.08 Å². The molecule has 0 aromatic heterocycles. The van der Waals surface area contributed by atoms with Crippen molar-refractivity contribution >= 4 is 5.91 Å². The van der Waals surface area contributed by atoms with Gasteiger partial charge >= 0.3 is 0 Å². The van der Waals surface area contributed by atoms with Crippen LogP contribution in [-0.4, -0.2) is 11.9 Å². The van der Waals surface area contributed by atoms with Crippen LogP contribution in [0, 0.1) is 5.92 Å². The second-order valence-corrected chi connectivity index (χ2v) is 3.14. The average molecular weight is 149 g/mol. The van der Waals surface area contributed by atoms with Gasteiger partial charge in [0.05, 0.1) is 12.0 Å². The van der Waals surface area contributed by atoms with E-state index in [-0.39, 0.29) is 11.8 Å². The average Bonchev–Trinajstić information content (AvgIpc) is 2.47. The first-order valence-corrected chi connectivity index (χ1v) is 3.93. The highest BCUT2D eigenvalue weighted by atomic mass is 16.2. The lowest BCUT2D eigenvalue weighted by atomic mass is 10.1. The predicted molar refractivity (Wildman–Crippen MR) is 42.9 cm³/mol. The predicted octanol–water partition coefficient (Wildman–Crippen LogP) is 1.01. The summed E-state index contributed by atoms with van der Waals surface area (Å²) in [6, 6.07) is 0.325. The number of nitrogens with one attached hydrogen (secondary N) is 1. The number of hydrogen-bond donors (Lipinski definition) is 1. The molecule has 0 saturated carbocycles. The highest BCUT2D eigenvalue weighted by Gasteiger charge is 2.37. The molecule has 1 N–H and O–H groups in total. The maximum atomic E-state index is 11.0. The second-order valence-electron chi connectivity index (χ2n) is 3.14. The maximum absolute atomic E-state index is 11.0. The van der Waals surface area contributed by atoms with Crippen molar-refractivity contribution in [2.45, 2.75) is 18.9 Å². The molecule has 2 rings (SSSR count). The zero-order valence-electron chi connectivity index (χ0n) is 6.34. The molecule has 1 heterocycles. The van der Waals surface area contributed by atoms with Crippen molar-refractivity contribution in [1.82, 2.24) is 5.32 Å². The highest BCUT2D eigenvalue weighted by Crippen LogP contribution is 2.32. The van der Waals surface area contributed by atoms with Crippen LogP contribution in [0.4, 0.5) is 0 Å². The third kappa shape index (κ3) is 0.897. The Bertz CT molecular complexity index is 242. The summed E-state index contributed by atoms with van der Waals surface area (Å²) in [6.07, 6.45) is 5.87. The van der Waals surface area contributed by atoms with Crippen molar-refractivity contribution in [1.29, 1.82) is 0 Å². The van der Waals surface area contributed by atoms with Gasteiger partial charge < -0.3 is 5.32 Å². The fourth-order valence-corrected chi connectivity index (χ4v) is 1.84. The summed E-state index contributed by atoms with van der Waals surface area (Å²) >= 11 is 0. The van der Waals surface area contributed by atoms with E-state index in [2.05, 4.69) is 18.0 Å². The lowest BCUT2D eigenvalue weighted by molar-refractivity contribution is -0.121. The normalized spacial score (nSPS) is 33.5. The van der Waals surface area contributed by atoms with Gasteiger partial charge in [0.15, 0.2) is 0 Å². The van der Waals surface area contributed by atoms with Crippen LogP contribution in [0.25, 0.3) is 0 Å². The number of fused-ring (bicyclic) bond motifs is 2. The van der Waals surface area contributed by atoms with Crippen molar-refractivity contribution in [3.8, 4) is 0 Å². The number of rotatable bonds is 2. The molecule has 2 aliphatic rings. The Labute approximate surface area is 66.0 Å². The number of hydrogen-bond acceptors (Lipinski definition) is 1. The molecule has 58 valence electrons. The van der Waals surface area contributed by atoms with Gasteiger partial charge in [-0.25, -0.2) is 0 Å². The molecule has 0 aromatic carbocycles. The molecule has 1 amide bonds. The van der Waals surface area contributed by atoms with Crippen molar-refractivity contribution in [2.75, 3.05) is 0 Å². The van der Waals surface area contributed by atoms with E-state index in [4.69, 9.17) is 0 Å². The van der Waals surface area contributed by atoms with Crippen LogP contribution in [0.15, 0.2) is 24.3 Å². The zero-order chi connectivity index (χ0) is 7.84. The maximum Gasteiger partial charge on any atom is 0.227 e. The molecular weight excluding hydrogens is 138 g/mol. The lowest BCUT2D eigenvalue weighted by Gasteiger charge is -2.12. The summed E-state index contributed by atoms with van der Waals surface area (Å²) in [6.45, 7) is 3.67. The molecule has 2 atom stereocenters. The van der Waals surface area contributed by atoms with Gasteiger partial charge in [-0.1, -0.05) is 12.2 Å². The molecule has 1 aliphatic carbocycles. The van der Waals surface area contributed by atoms with Gasteiger partial charge in [0, 0.05) is 0 Å². The Hall–Kier alpha value is -1.05. The summed E-state index contributed by atoms with van der Waals surface area (Å²) in [5.74, 6) is 0.359. The fraction of sp³-hybridized carbons (Fsp3) is 0.444. The Morgan fingerprint density at radius 3 is 3.09 bits per heavy atom. The Morgan fingerprint density at radius 2 is 2.64 bits per heavy atom. The number of amides is 1. The molecule has 1 fully saturated rings. The number of allylic oxidation sites excluding steroid dienone is 1. The van der Waals surface area contributed by atoms with Crippen LogP contribution >= 0.6 is 0 Å². The van der Waals surface area contributed by atoms with E-state index < -0.39 is 0 Å². The van der Waals surface area contributed by atoms with E-state index in [1.54, 1.807) is 0 Å². The van der Waals surface area contributed by atoms with Gasteiger partial charge in [-0.15, -0.1) is 6.58 Å². The summed E-state index contributed by atoms with van der Waals surface area (Å²) in [5.41, 5.74) is 1.34. The molecule has 0 spiro atoms. The van der Waals surface area contributed by atoms with Gasteiger partial charge in [-0.05, 0) is 18.4 Å². The quantitative estimate of drug-likeness (QED) is 0.583. The highest BCUT2D eigenvalue weighted by molar-refractivity contribution is 5.85. The third-order valence-corrected chi connectivity index (χ3v) is 2.39. The molecule has 2 nitrogen and oxygen atoms in total. The smallest absolute Gasteiger partial charge is 0.227 e. The largest absolute Gasteiger partial charge is 0.349 e. The number of carbonyl (C=O) groups is 1. The lowest BCUT2D eigenvalue weighted by Crippen LogP contribution is -2.30. The summed E-state index contributed by atoms with van der Waals surface area (Å²) in [5, 5.41) is 2.93. The molecule has 2 heteroatoms. The molecule has 0 unspecified atom stereocenters. The first-order valence-electron chi connectivity index (χ1n) is 3.93. The first-order chi connectivity index (χ1) is 5.31. The monoisotopic (exact) mass is 149 g/mol. The summed E-state index contributed by atoms with van der Waals surface area (Å²) in [7, 11) is 0. The zero-order valence-corrected chi connectivity index (χ0v) is 6.34. The van der Waals surface area contributed by atoms with E-state index in [0.717, 1.165) is 12.8 Å². The molecule has 2 bridgehead atoms. The summed E-state index contributed by atoms with van der Waals surface area (Å²) in [4.78, 5) is 11.0. The Kier molecular flexibility index (Phi) is 1.34. The first kappa shape index (κ1) is 6.65. The molecule has 1 aliphatic heterocycles. The fourth-order valence-electron chi connectivity index (χ4n) is 1.84. The van der Waals surface area contributed by atoms with E-state index in [0.29, 0.717) is 6.04 Å². The molecular formula is C9H11NO. The SMILES string of the molecule is C=CCC1=C[C@H]2C[C@@H]1NC2=O. The van der Waals surface area contributed by atoms with Crippen LogP contribution in [-0.2, 0) is 4.79 Å². The number of carbonyl (C=O) groups excluding carboxylic acids is 1. The third-order valence-electron chi connectivity index (χ3n) is 2.39. The minimum atomic E-state index is 0.162. The van der Waals surface area contributed by atoms with Crippen molar-refractivity contribution < 1.29 is 4.79 Å². The van der Waals surface area contributed by atoms with Crippen LogP contribution in [0.5, 0.6) is 0 Å². The minimum absolute atomic E-state index is 0.162.